The van der Waals surface area contributed by atoms with Gasteiger partial charge in [0.15, 0.2) is 75.5 Å². The Bertz CT molecular complexity index is 3990. The van der Waals surface area contributed by atoms with E-state index >= 15 is 0 Å². The number of aliphatic hydroxyl groups excluding tert-OH is 28. The number of carbonyl (C=O) groups excluding carboxylic acids is 4. The third kappa shape index (κ3) is 26.8. The average molecular weight is 2120 g/mol. The molecule has 60 nitrogen and oxygen atoms in total. The number of amides is 3. The van der Waals surface area contributed by atoms with Gasteiger partial charge in [-0.1, -0.05) is 6.42 Å². The molecule has 0 unspecified atom stereocenters. The number of esters is 1. The summed E-state index contributed by atoms with van der Waals surface area (Å²) in [5, 5.41) is 328. The van der Waals surface area contributed by atoms with E-state index in [9.17, 15) is 162 Å². The minimum Gasteiger partial charge on any atom is -0.469 e. The molecule has 840 valence electrons. The summed E-state index contributed by atoms with van der Waals surface area (Å²) < 4.78 is 149. The first-order valence-electron chi connectivity index (χ1n) is 47.8. The van der Waals surface area contributed by atoms with E-state index in [-0.39, 0.29) is 13.0 Å². The minimum absolute atomic E-state index is 0.0197. The Kier molecular flexibility index (Phi) is 43.1. The lowest BCUT2D eigenvalue weighted by molar-refractivity contribution is -0.401. The van der Waals surface area contributed by atoms with Crippen molar-refractivity contribution in [2.45, 2.75) is 456 Å². The van der Waals surface area contributed by atoms with Crippen LogP contribution in [0.15, 0.2) is 0 Å². The van der Waals surface area contributed by atoms with Crippen LogP contribution in [0.4, 0.5) is 0 Å². The highest BCUT2D eigenvalue weighted by molar-refractivity contribution is 5.74. The highest BCUT2D eigenvalue weighted by Gasteiger charge is 2.64. The standard InChI is InChI=1S/C85H143N3O57/c1-22-41(99)53(111)57(115)78(124-22)143-71-54(112)47(105)31(16-89)132-83(71)135-64-39(87-29(8)96)75(130-35(20-93)51(64)109)139-67-43(101)24(3)125-79(59(67)117)141-70-46(104)27(6)128-82(62(70)120)145-73-56(114)49(107)33(18-91)134-85(73)137-65-40(88-30(9)97)76(131-36(21-94)52(65)110)140-68-44(102)25(4)126-80(60(68)118)142-69-45(103)26(5)127-81(61(69)119)144-72-55(113)48(106)32(17-90)133-84(72)136-63-38(86-28(7)95)74(129-34(19-92)50(63)108)138-66-42(100)23(2)123-77(58(66)116)122-15-13-11-12-14-37(98)121-10/h22-27,31-36,38-85,89-94,99-120H,11-21H2,1-10H3,(H,86,95)(H,87,96)(H,88,97)/t22-,23-,24-,25-,26-,27-,31+,32+,33+,34+,35+,36+,38+,39+,40+,41-,42-,43-,44-,45-,46-,47+,48+,49+,50+,51+,52+,53+,54-,55-,56-,57+,58+,59+,60+,61+,62+,63+,64+,65+,66+,67+,68+,69+,70+,71+,72+,73+,74+,75+,76+,77+,78-,79-,80-,81-,82-,83+,84+,85+/m0/s1. The molecule has 12 saturated heterocycles. The summed E-state index contributed by atoms with van der Waals surface area (Å²) in [5.41, 5.74) is 0. The molecule has 0 aromatic heterocycles. The number of nitrogens with one attached hydrogen (secondary N) is 3. The maximum Gasteiger partial charge on any atom is 0.305 e. The lowest BCUT2D eigenvalue weighted by Crippen LogP contribution is -2.70. The first-order valence-corrected chi connectivity index (χ1v) is 47.8. The quantitative estimate of drug-likeness (QED) is 0.0202. The highest BCUT2D eigenvalue weighted by atomic mass is 16.8. The minimum atomic E-state index is -2.37. The number of aliphatic hydroxyl groups is 28. The van der Waals surface area contributed by atoms with Crippen LogP contribution < -0.4 is 16.0 Å². The maximum atomic E-state index is 13.5. The van der Waals surface area contributed by atoms with Crippen molar-refractivity contribution in [2.24, 2.45) is 0 Å². The Morgan fingerprint density at radius 2 is 0.441 bits per heavy atom. The van der Waals surface area contributed by atoms with Crippen LogP contribution >= 0.6 is 0 Å². The van der Waals surface area contributed by atoms with Crippen LogP contribution in [0.3, 0.4) is 0 Å². The van der Waals surface area contributed by atoms with Gasteiger partial charge in [0, 0.05) is 33.8 Å². The molecule has 12 aliphatic heterocycles. The first-order chi connectivity index (χ1) is 68.6. The Morgan fingerprint density at radius 3 is 0.703 bits per heavy atom. The molecule has 0 aromatic rings. The van der Waals surface area contributed by atoms with Crippen molar-refractivity contribution >= 4 is 23.7 Å². The summed E-state index contributed by atoms with van der Waals surface area (Å²) in [5.74, 6) is -3.18. The van der Waals surface area contributed by atoms with E-state index in [1.54, 1.807) is 0 Å². The van der Waals surface area contributed by atoms with Crippen molar-refractivity contribution < 1.29 is 281 Å². The van der Waals surface area contributed by atoms with Gasteiger partial charge in [-0.3, -0.25) is 19.2 Å². The molecule has 0 aliphatic carbocycles. The molecule has 145 heavy (non-hydrogen) atoms. The van der Waals surface area contributed by atoms with E-state index in [0.29, 0.717) is 19.3 Å². The van der Waals surface area contributed by atoms with Crippen molar-refractivity contribution in [3.05, 3.63) is 0 Å². The van der Waals surface area contributed by atoms with Gasteiger partial charge in [0.25, 0.3) is 0 Å². The van der Waals surface area contributed by atoms with Gasteiger partial charge in [-0.25, -0.2) is 0 Å². The highest BCUT2D eigenvalue weighted by Crippen LogP contribution is 2.44. The Morgan fingerprint density at radius 1 is 0.221 bits per heavy atom. The van der Waals surface area contributed by atoms with E-state index in [1.807, 2.05) is 0 Å². The molecule has 3 amide bonds. The predicted octanol–water partition coefficient (Wildman–Crippen LogP) is -18.8. The topological polar surface area (TPSA) is 902 Å². The molecule has 0 bridgehead atoms. The van der Waals surface area contributed by atoms with Crippen LogP contribution in [0.25, 0.3) is 0 Å². The molecule has 0 radical (unpaired) electrons. The van der Waals surface area contributed by atoms with Crippen LogP contribution in [0.5, 0.6) is 0 Å². The largest absolute Gasteiger partial charge is 0.469 e. The van der Waals surface area contributed by atoms with Crippen LogP contribution in [0, 0.1) is 0 Å². The van der Waals surface area contributed by atoms with E-state index in [2.05, 4.69) is 20.7 Å². The lowest BCUT2D eigenvalue weighted by Gasteiger charge is -2.51. The zero-order valence-corrected chi connectivity index (χ0v) is 80.3. The average Bonchev–Trinajstić information content (AvgIpc) is 0.764. The second-order valence-electron chi connectivity index (χ2n) is 37.9. The Labute approximate surface area is 827 Å². The molecule has 0 aromatic carbocycles. The van der Waals surface area contributed by atoms with E-state index in [4.69, 9.17) is 114 Å². The van der Waals surface area contributed by atoms with Gasteiger partial charge >= 0.3 is 5.97 Å². The molecule has 31 N–H and O–H groups in total. The second kappa shape index (κ2) is 52.4. The summed E-state index contributed by atoms with van der Waals surface area (Å²) >= 11 is 0. The molecule has 12 fully saturated rings. The zero-order valence-electron chi connectivity index (χ0n) is 80.3. The van der Waals surface area contributed by atoms with Crippen molar-refractivity contribution in [3.63, 3.8) is 0 Å². The fraction of sp³-hybridized carbons (Fsp3) is 0.953. The normalized spacial score (nSPS) is 50.1. The van der Waals surface area contributed by atoms with Gasteiger partial charge in [-0.05, 0) is 54.4 Å². The van der Waals surface area contributed by atoms with Gasteiger partial charge in [0.05, 0.1) is 83.4 Å². The van der Waals surface area contributed by atoms with Gasteiger partial charge in [0.2, 0.25) is 17.7 Å². The van der Waals surface area contributed by atoms with Crippen molar-refractivity contribution in [2.75, 3.05) is 53.4 Å². The summed E-state index contributed by atoms with van der Waals surface area (Å²) in [6.45, 7) is 4.01. The molecule has 0 saturated carbocycles. The molecule has 12 aliphatic rings. The van der Waals surface area contributed by atoms with Gasteiger partial charge in [0.1, 0.15) is 256 Å². The van der Waals surface area contributed by atoms with E-state index < -0.39 is 432 Å². The van der Waals surface area contributed by atoms with Crippen molar-refractivity contribution in [1.82, 2.24) is 16.0 Å². The smallest absolute Gasteiger partial charge is 0.305 e. The fourth-order valence-electron chi connectivity index (χ4n) is 19.2. The number of rotatable bonds is 38. The summed E-state index contributed by atoms with van der Waals surface area (Å²) in [6, 6.07) is -5.63. The zero-order chi connectivity index (χ0) is 107. The van der Waals surface area contributed by atoms with Crippen molar-refractivity contribution in [1.29, 1.82) is 0 Å². The maximum absolute atomic E-state index is 13.5. The van der Waals surface area contributed by atoms with E-state index in [0.717, 1.165) is 20.8 Å². The SMILES string of the molecule is COC(=O)CCCCCO[C@@H]1O[C@@H](C)[C@H](O)[C@@H](O[C@H]2O[C@H](CO)[C@@H](O)[C@H](O[C@H]3O[C@H](CO)[C@@H](O)[C@H](O)[C@H]3O[C@@H]3O[C@@H](C)[C@H](O)[C@@H](O[C@@H]4O[C@@H](C)[C@H](O)[C@@H](O[C@H]5O[C@H](CO)[C@@H](O)[C@H](O[C@H]6O[C@H](CO)[C@@H](O)[C@H](O)[C@H]6O[C@@H]6O[C@@H](C)[C@H](O)[C@@H](O[C@@H]7O[C@@H](C)[C@H](O)[C@@H](O[C@H]8O[C@H](CO)[C@@H](O)[C@H](O[C@H]9O[C@H](CO)[C@@H](O)[C@H](O)[C@H]9O[C@@H]9O[C@@H](C)[C@H](O)[C@@H](O)[C@H]9O)[C@H]8NC(C)=O)[C@H]7O)[C@H]6O)[C@H]5NC(C)=O)[C@H]4O)[C@H]3O)[C@H]2NC(C)=O)[C@H]1O. The number of hydrogen-bond acceptors (Lipinski definition) is 57. The van der Waals surface area contributed by atoms with Crippen molar-refractivity contribution in [3.8, 4) is 0 Å². The summed E-state index contributed by atoms with van der Waals surface area (Å²) in [4.78, 5) is 51.4. The summed E-state index contributed by atoms with van der Waals surface area (Å²) in [6.07, 6.45) is -111. The molecular formula is C85H143N3O57. The number of ether oxygens (including phenoxy) is 25. The van der Waals surface area contributed by atoms with Gasteiger partial charge < -0.3 is 277 Å². The molecule has 60 heteroatoms. The monoisotopic (exact) mass is 2120 g/mol. The third-order valence-corrected chi connectivity index (χ3v) is 27.6. The molecule has 12 rings (SSSR count). The molecule has 12 heterocycles. The molecule has 60 atom stereocenters. The Hall–Kier alpha value is -4.20. The number of methoxy groups -OCH3 is 1. The fourth-order valence-corrected chi connectivity index (χ4v) is 19.2. The van der Waals surface area contributed by atoms with Gasteiger partial charge in [-0.15, -0.1) is 0 Å². The third-order valence-electron chi connectivity index (χ3n) is 27.6. The number of unbranched alkanes of at least 4 members (excludes halogenated alkanes) is 2. The van der Waals surface area contributed by atoms with E-state index in [1.165, 1.54) is 48.7 Å². The van der Waals surface area contributed by atoms with Crippen LogP contribution in [-0.2, 0) is 138 Å². The van der Waals surface area contributed by atoms with Crippen LogP contribution in [0.1, 0.15) is 88.0 Å². The molecule has 0 spiro atoms. The number of carbonyl (C=O) groups is 4. The number of hydrogen-bond donors (Lipinski definition) is 31. The second-order valence-corrected chi connectivity index (χ2v) is 37.9. The predicted molar refractivity (Wildman–Crippen MR) is 455 cm³/mol. The lowest BCUT2D eigenvalue weighted by atomic mass is 9.94. The Balaban J connectivity index is 0.741. The summed E-state index contributed by atoms with van der Waals surface area (Å²) in [7, 11) is 1.25. The van der Waals surface area contributed by atoms with Crippen LogP contribution in [-0.4, -0.2) is 588 Å². The van der Waals surface area contributed by atoms with Gasteiger partial charge in [-0.2, -0.15) is 0 Å². The molecular weight excluding hydrogens is 1970 g/mol. The van der Waals surface area contributed by atoms with Crippen LogP contribution in [0.2, 0.25) is 0 Å². The first kappa shape index (κ1) is 119.